The predicted octanol–water partition coefficient (Wildman–Crippen LogP) is 2.81. The quantitative estimate of drug-likeness (QED) is 0.646. The van der Waals surface area contributed by atoms with Crippen LogP contribution in [0.15, 0.2) is 30.5 Å². The summed E-state index contributed by atoms with van der Waals surface area (Å²) in [5.74, 6) is 0.759. The van der Waals surface area contributed by atoms with Crippen molar-refractivity contribution in [3.05, 3.63) is 40.6 Å². The van der Waals surface area contributed by atoms with Gasteiger partial charge in [0.15, 0.2) is 0 Å². The van der Waals surface area contributed by atoms with E-state index in [4.69, 9.17) is 0 Å². The maximum absolute atomic E-state index is 12.4. The molecule has 1 aliphatic heterocycles. The van der Waals surface area contributed by atoms with E-state index in [1.165, 1.54) is 6.07 Å². The van der Waals surface area contributed by atoms with Gasteiger partial charge < -0.3 is 9.47 Å². The number of benzene rings is 1. The van der Waals surface area contributed by atoms with E-state index >= 15 is 0 Å². The number of rotatable bonds is 3. The van der Waals surface area contributed by atoms with Gasteiger partial charge in [-0.05, 0) is 30.9 Å². The summed E-state index contributed by atoms with van der Waals surface area (Å²) in [6.07, 6.45) is 3.84. The molecule has 0 atom stereocenters. The molecule has 6 nitrogen and oxygen atoms in total. The third-order valence-electron chi connectivity index (χ3n) is 4.43. The molecule has 1 amide bonds. The summed E-state index contributed by atoms with van der Waals surface area (Å²) in [6.45, 7) is 4.05. The molecule has 1 fully saturated rings. The molecule has 2 heterocycles. The van der Waals surface area contributed by atoms with E-state index in [0.29, 0.717) is 11.3 Å². The van der Waals surface area contributed by atoms with E-state index in [0.717, 1.165) is 31.4 Å². The summed E-state index contributed by atoms with van der Waals surface area (Å²) in [6, 6.07) is 6.66. The van der Waals surface area contributed by atoms with Crippen LogP contribution < -0.4 is 0 Å². The van der Waals surface area contributed by atoms with E-state index in [9.17, 15) is 14.9 Å². The molecule has 0 bridgehead atoms. The molecule has 22 heavy (non-hydrogen) atoms. The van der Waals surface area contributed by atoms with Crippen LogP contribution in [-0.4, -0.2) is 33.4 Å². The number of fused-ring (bicyclic) bond motifs is 1. The van der Waals surface area contributed by atoms with E-state index in [2.05, 4.69) is 6.92 Å². The number of carbonyl (C=O) groups is 1. The fourth-order valence-electron chi connectivity index (χ4n) is 3.01. The van der Waals surface area contributed by atoms with Crippen LogP contribution in [0, 0.1) is 16.0 Å². The predicted molar refractivity (Wildman–Crippen MR) is 83.6 cm³/mol. The first-order valence-corrected chi connectivity index (χ1v) is 7.56. The van der Waals surface area contributed by atoms with E-state index < -0.39 is 0 Å². The SMILES string of the molecule is CC1CCN(C(=O)Cn2ccc3c([N+](=O)[O-])cccc32)CC1. The smallest absolute Gasteiger partial charge is 0.278 e. The molecule has 0 N–H and O–H groups in total. The van der Waals surface area contributed by atoms with Gasteiger partial charge in [-0.2, -0.15) is 0 Å². The van der Waals surface area contributed by atoms with Gasteiger partial charge in [-0.15, -0.1) is 0 Å². The van der Waals surface area contributed by atoms with Crippen molar-refractivity contribution in [1.82, 2.24) is 9.47 Å². The largest absolute Gasteiger partial charge is 0.341 e. The summed E-state index contributed by atoms with van der Waals surface area (Å²) in [7, 11) is 0. The van der Waals surface area contributed by atoms with Gasteiger partial charge in [0.2, 0.25) is 5.91 Å². The van der Waals surface area contributed by atoms with Crippen molar-refractivity contribution in [2.75, 3.05) is 13.1 Å². The van der Waals surface area contributed by atoms with Crippen LogP contribution in [0.4, 0.5) is 5.69 Å². The van der Waals surface area contributed by atoms with Crippen molar-refractivity contribution < 1.29 is 9.72 Å². The average molecular weight is 301 g/mol. The van der Waals surface area contributed by atoms with E-state index in [1.807, 2.05) is 11.0 Å². The molecule has 1 aromatic carbocycles. The van der Waals surface area contributed by atoms with Crippen molar-refractivity contribution in [2.24, 2.45) is 5.92 Å². The molecule has 0 unspecified atom stereocenters. The number of hydrogen-bond donors (Lipinski definition) is 0. The zero-order chi connectivity index (χ0) is 15.7. The number of nitro groups is 1. The Morgan fingerprint density at radius 3 is 2.73 bits per heavy atom. The number of piperidine rings is 1. The molecule has 3 rings (SSSR count). The highest BCUT2D eigenvalue weighted by molar-refractivity contribution is 5.90. The number of amides is 1. The van der Waals surface area contributed by atoms with Crippen molar-refractivity contribution in [1.29, 1.82) is 0 Å². The molecule has 0 aliphatic carbocycles. The molecule has 0 radical (unpaired) electrons. The van der Waals surface area contributed by atoms with Crippen LogP contribution in [0.3, 0.4) is 0 Å². The number of nitrogens with zero attached hydrogens (tertiary/aromatic N) is 3. The topological polar surface area (TPSA) is 68.4 Å². The Hall–Kier alpha value is -2.37. The maximum Gasteiger partial charge on any atom is 0.278 e. The minimum Gasteiger partial charge on any atom is -0.341 e. The Morgan fingerprint density at radius 2 is 2.05 bits per heavy atom. The summed E-state index contributed by atoms with van der Waals surface area (Å²) in [4.78, 5) is 25.0. The second-order valence-electron chi connectivity index (χ2n) is 5.97. The fraction of sp³-hybridized carbons (Fsp3) is 0.438. The molecular weight excluding hydrogens is 282 g/mol. The second kappa shape index (κ2) is 5.79. The zero-order valence-electron chi connectivity index (χ0n) is 12.6. The molecule has 116 valence electrons. The van der Waals surface area contributed by atoms with Crippen molar-refractivity contribution in [2.45, 2.75) is 26.3 Å². The Kier molecular flexibility index (Phi) is 3.83. The Balaban J connectivity index is 1.81. The van der Waals surface area contributed by atoms with Crippen LogP contribution >= 0.6 is 0 Å². The highest BCUT2D eigenvalue weighted by Gasteiger charge is 2.21. The number of hydrogen-bond acceptors (Lipinski definition) is 3. The number of likely N-dealkylation sites (tertiary alicyclic amines) is 1. The van der Waals surface area contributed by atoms with E-state index in [1.54, 1.807) is 22.9 Å². The third kappa shape index (κ3) is 2.68. The van der Waals surface area contributed by atoms with Crippen LogP contribution in [0.2, 0.25) is 0 Å². The van der Waals surface area contributed by atoms with Gasteiger partial charge in [0.1, 0.15) is 6.54 Å². The fourth-order valence-corrected chi connectivity index (χ4v) is 3.01. The number of aromatic nitrogens is 1. The van der Waals surface area contributed by atoms with Crippen LogP contribution in [-0.2, 0) is 11.3 Å². The minimum atomic E-state index is -0.388. The molecule has 1 aromatic heterocycles. The Labute approximate surface area is 128 Å². The normalized spacial score (nSPS) is 16.1. The average Bonchev–Trinajstić information content (AvgIpc) is 2.91. The van der Waals surface area contributed by atoms with E-state index in [-0.39, 0.29) is 23.1 Å². The van der Waals surface area contributed by atoms with Crippen LogP contribution in [0.5, 0.6) is 0 Å². The first-order chi connectivity index (χ1) is 10.6. The van der Waals surface area contributed by atoms with Gasteiger partial charge in [-0.3, -0.25) is 14.9 Å². The molecule has 2 aromatic rings. The number of non-ortho nitro benzene ring substituents is 1. The summed E-state index contributed by atoms with van der Waals surface area (Å²) >= 11 is 0. The lowest BCUT2D eigenvalue weighted by atomic mass is 9.99. The van der Waals surface area contributed by atoms with Gasteiger partial charge in [-0.25, -0.2) is 0 Å². The highest BCUT2D eigenvalue weighted by atomic mass is 16.6. The summed E-state index contributed by atoms with van der Waals surface area (Å²) in [5.41, 5.74) is 0.809. The molecule has 0 spiro atoms. The highest BCUT2D eigenvalue weighted by Crippen LogP contribution is 2.26. The van der Waals surface area contributed by atoms with Gasteiger partial charge >= 0.3 is 0 Å². The second-order valence-corrected chi connectivity index (χ2v) is 5.97. The standard InChI is InChI=1S/C16H19N3O3/c1-12-5-8-17(9-6-12)16(20)11-18-10-7-13-14(18)3-2-4-15(13)19(21)22/h2-4,7,10,12H,5-6,8-9,11H2,1H3. The lowest BCUT2D eigenvalue weighted by Crippen LogP contribution is -2.39. The Bertz CT molecular complexity index is 714. The van der Waals surface area contributed by atoms with Gasteiger partial charge in [-0.1, -0.05) is 13.0 Å². The van der Waals surface area contributed by atoms with Crippen molar-refractivity contribution in [3.8, 4) is 0 Å². The van der Waals surface area contributed by atoms with Crippen LogP contribution in [0.1, 0.15) is 19.8 Å². The lowest BCUT2D eigenvalue weighted by Gasteiger charge is -2.30. The zero-order valence-corrected chi connectivity index (χ0v) is 12.6. The van der Waals surface area contributed by atoms with Gasteiger partial charge in [0.05, 0.1) is 15.8 Å². The lowest BCUT2D eigenvalue weighted by molar-refractivity contribution is -0.383. The minimum absolute atomic E-state index is 0.0792. The molecule has 1 aliphatic rings. The monoisotopic (exact) mass is 301 g/mol. The number of carbonyl (C=O) groups excluding carboxylic acids is 1. The first kappa shape index (κ1) is 14.6. The number of nitro benzene ring substituents is 1. The first-order valence-electron chi connectivity index (χ1n) is 7.56. The van der Waals surface area contributed by atoms with Crippen molar-refractivity contribution >= 4 is 22.5 Å². The maximum atomic E-state index is 12.4. The van der Waals surface area contributed by atoms with Gasteiger partial charge in [0, 0.05) is 25.4 Å². The molecule has 0 saturated carbocycles. The molecular formula is C16H19N3O3. The molecule has 1 saturated heterocycles. The Morgan fingerprint density at radius 1 is 1.32 bits per heavy atom. The summed E-state index contributed by atoms with van der Waals surface area (Å²) in [5, 5.41) is 11.6. The van der Waals surface area contributed by atoms with Crippen LogP contribution in [0.25, 0.3) is 10.9 Å². The van der Waals surface area contributed by atoms with Crippen molar-refractivity contribution in [3.63, 3.8) is 0 Å². The third-order valence-corrected chi connectivity index (χ3v) is 4.43. The molecule has 6 heteroatoms. The summed E-state index contributed by atoms with van der Waals surface area (Å²) < 4.78 is 1.79. The van der Waals surface area contributed by atoms with Gasteiger partial charge in [0.25, 0.3) is 5.69 Å².